The van der Waals surface area contributed by atoms with Crippen LogP contribution >= 0.6 is 11.8 Å². The normalized spacial score (nSPS) is 10.8. The summed E-state index contributed by atoms with van der Waals surface area (Å²) in [4.78, 5) is 17.6. The van der Waals surface area contributed by atoms with Crippen molar-refractivity contribution < 1.29 is 9.90 Å². The number of pyridine rings is 1. The molecule has 2 heterocycles. The number of nitrogens with zero attached hydrogens (tertiary/aromatic N) is 2. The van der Waals surface area contributed by atoms with Crippen LogP contribution in [0.1, 0.15) is 10.5 Å². The molecule has 0 aliphatic rings. The van der Waals surface area contributed by atoms with Gasteiger partial charge in [0.1, 0.15) is 11.2 Å². The highest BCUT2D eigenvalue weighted by molar-refractivity contribution is 7.99. The van der Waals surface area contributed by atoms with Crippen LogP contribution in [0.2, 0.25) is 0 Å². The molecule has 0 saturated carbocycles. The fourth-order valence-corrected chi connectivity index (χ4v) is 3.27. The first-order chi connectivity index (χ1) is 9.68. The van der Waals surface area contributed by atoms with Crippen LogP contribution in [0, 0.1) is 0 Å². The Kier molecular flexibility index (Phi) is 3.20. The summed E-state index contributed by atoms with van der Waals surface area (Å²) in [5, 5.41) is 9.46. The highest BCUT2D eigenvalue weighted by Gasteiger charge is 2.22. The van der Waals surface area contributed by atoms with Crippen molar-refractivity contribution in [2.24, 2.45) is 7.05 Å². The number of rotatable bonds is 3. The van der Waals surface area contributed by atoms with E-state index < -0.39 is 5.97 Å². The molecule has 3 aromatic rings. The van der Waals surface area contributed by atoms with Gasteiger partial charge in [-0.3, -0.25) is 4.98 Å². The molecule has 0 fully saturated rings. The maximum absolute atomic E-state index is 11.5. The Morgan fingerprint density at radius 3 is 2.65 bits per heavy atom. The highest BCUT2D eigenvalue weighted by Crippen LogP contribution is 2.36. The molecule has 0 radical (unpaired) electrons. The van der Waals surface area contributed by atoms with Gasteiger partial charge < -0.3 is 9.67 Å². The van der Waals surface area contributed by atoms with Crippen molar-refractivity contribution in [1.29, 1.82) is 0 Å². The van der Waals surface area contributed by atoms with Gasteiger partial charge in [0.15, 0.2) is 0 Å². The summed E-state index contributed by atoms with van der Waals surface area (Å²) in [5.41, 5.74) is 1.82. The monoisotopic (exact) mass is 284 g/mol. The third-order valence-corrected chi connectivity index (χ3v) is 4.18. The van der Waals surface area contributed by atoms with Gasteiger partial charge >= 0.3 is 5.97 Å². The Balaban J connectivity index is 2.22. The number of carboxylic acid groups (broad SMARTS) is 1. The van der Waals surface area contributed by atoms with Gasteiger partial charge in [-0.25, -0.2) is 4.79 Å². The third kappa shape index (κ3) is 2.06. The topological polar surface area (TPSA) is 55.1 Å². The number of aromatic carboxylic acids is 1. The molecule has 1 N–H and O–H groups in total. The molecule has 4 nitrogen and oxygen atoms in total. The van der Waals surface area contributed by atoms with Crippen molar-refractivity contribution in [3.63, 3.8) is 0 Å². The Morgan fingerprint density at radius 1 is 1.20 bits per heavy atom. The first-order valence-corrected chi connectivity index (χ1v) is 6.89. The fraction of sp³-hybridized carbons (Fsp3) is 0.0667. The van der Waals surface area contributed by atoms with Crippen LogP contribution in [0.15, 0.2) is 58.5 Å². The molecule has 0 aliphatic carbocycles. The van der Waals surface area contributed by atoms with E-state index in [2.05, 4.69) is 4.98 Å². The number of carbonyl (C=O) groups is 1. The molecule has 5 heteroatoms. The van der Waals surface area contributed by atoms with Gasteiger partial charge in [-0.2, -0.15) is 0 Å². The first kappa shape index (κ1) is 12.7. The molecule has 0 saturated heterocycles. The van der Waals surface area contributed by atoms with E-state index in [1.165, 1.54) is 11.8 Å². The second-order valence-corrected chi connectivity index (χ2v) is 5.41. The Morgan fingerprint density at radius 2 is 1.95 bits per heavy atom. The molecule has 0 amide bonds. The number of aromatic nitrogens is 2. The maximum Gasteiger partial charge on any atom is 0.353 e. The van der Waals surface area contributed by atoms with Crippen LogP contribution < -0.4 is 0 Å². The van der Waals surface area contributed by atoms with E-state index in [1.54, 1.807) is 17.8 Å². The van der Waals surface area contributed by atoms with E-state index in [0.717, 1.165) is 15.9 Å². The number of hydrogen-bond donors (Lipinski definition) is 1. The van der Waals surface area contributed by atoms with Gasteiger partial charge in [-0.05, 0) is 24.3 Å². The minimum Gasteiger partial charge on any atom is -0.477 e. The number of aryl methyl sites for hydroxylation is 1. The zero-order valence-electron chi connectivity index (χ0n) is 10.8. The summed E-state index contributed by atoms with van der Waals surface area (Å²) in [6.45, 7) is 0. The van der Waals surface area contributed by atoms with E-state index in [1.807, 2.05) is 42.5 Å². The molecule has 0 bridgehead atoms. The van der Waals surface area contributed by atoms with Crippen LogP contribution in [0.25, 0.3) is 11.0 Å². The van der Waals surface area contributed by atoms with E-state index in [4.69, 9.17) is 0 Å². The largest absolute Gasteiger partial charge is 0.477 e. The SMILES string of the molecule is Cn1c(C(=O)O)c(Sc2ccccc2)c2ncccc21. The lowest BCUT2D eigenvalue weighted by atomic mass is 10.3. The quantitative estimate of drug-likeness (QED) is 0.800. The Bertz CT molecular complexity index is 781. The average Bonchev–Trinajstić information content (AvgIpc) is 2.74. The third-order valence-electron chi connectivity index (χ3n) is 3.08. The molecule has 2 aromatic heterocycles. The lowest BCUT2D eigenvalue weighted by Gasteiger charge is -2.02. The van der Waals surface area contributed by atoms with Crippen LogP contribution in [0.4, 0.5) is 0 Å². The van der Waals surface area contributed by atoms with Gasteiger partial charge in [0.2, 0.25) is 0 Å². The molecule has 0 unspecified atom stereocenters. The average molecular weight is 284 g/mol. The van der Waals surface area contributed by atoms with Crippen molar-refractivity contribution in [2.75, 3.05) is 0 Å². The Hall–Kier alpha value is -2.27. The van der Waals surface area contributed by atoms with Gasteiger partial charge in [0.05, 0.1) is 10.4 Å². The summed E-state index contributed by atoms with van der Waals surface area (Å²) in [6.07, 6.45) is 1.68. The lowest BCUT2D eigenvalue weighted by molar-refractivity contribution is 0.0683. The predicted molar refractivity (Wildman–Crippen MR) is 78.2 cm³/mol. The van der Waals surface area contributed by atoms with Gasteiger partial charge in [-0.1, -0.05) is 30.0 Å². The van der Waals surface area contributed by atoms with E-state index in [9.17, 15) is 9.90 Å². The van der Waals surface area contributed by atoms with Crippen LogP contribution in [0.3, 0.4) is 0 Å². The second-order valence-electron chi connectivity index (χ2n) is 4.33. The Labute approximate surface area is 120 Å². The lowest BCUT2D eigenvalue weighted by Crippen LogP contribution is -2.05. The van der Waals surface area contributed by atoms with Crippen molar-refractivity contribution in [2.45, 2.75) is 9.79 Å². The first-order valence-electron chi connectivity index (χ1n) is 6.08. The van der Waals surface area contributed by atoms with E-state index >= 15 is 0 Å². The summed E-state index contributed by atoms with van der Waals surface area (Å²) in [7, 11) is 1.75. The highest BCUT2D eigenvalue weighted by atomic mass is 32.2. The zero-order valence-corrected chi connectivity index (χ0v) is 11.6. The van der Waals surface area contributed by atoms with Crippen LogP contribution in [-0.4, -0.2) is 20.6 Å². The number of benzene rings is 1. The van der Waals surface area contributed by atoms with Crippen molar-refractivity contribution in [3.05, 3.63) is 54.4 Å². The smallest absolute Gasteiger partial charge is 0.353 e. The van der Waals surface area contributed by atoms with Gasteiger partial charge in [-0.15, -0.1) is 0 Å². The number of fused-ring (bicyclic) bond motifs is 1. The summed E-state index contributed by atoms with van der Waals surface area (Å²) < 4.78 is 1.68. The summed E-state index contributed by atoms with van der Waals surface area (Å²) in [6, 6.07) is 13.4. The van der Waals surface area contributed by atoms with Gasteiger partial charge in [0.25, 0.3) is 0 Å². The minimum atomic E-state index is -0.941. The van der Waals surface area contributed by atoms with E-state index in [-0.39, 0.29) is 5.69 Å². The van der Waals surface area contributed by atoms with Crippen LogP contribution in [0.5, 0.6) is 0 Å². The zero-order chi connectivity index (χ0) is 14.1. The molecular formula is C15H12N2O2S. The van der Waals surface area contributed by atoms with Gasteiger partial charge in [0, 0.05) is 18.1 Å². The molecule has 0 aliphatic heterocycles. The standard InChI is InChI=1S/C15H12N2O2S/c1-17-11-8-5-9-16-12(11)14(13(17)15(18)19)20-10-6-3-2-4-7-10/h2-9H,1H3,(H,18,19). The molecule has 20 heavy (non-hydrogen) atoms. The van der Waals surface area contributed by atoms with Crippen molar-refractivity contribution >= 4 is 28.8 Å². The summed E-state index contributed by atoms with van der Waals surface area (Å²) >= 11 is 1.43. The maximum atomic E-state index is 11.5. The number of carboxylic acids is 1. The number of hydrogen-bond acceptors (Lipinski definition) is 3. The molecule has 3 rings (SSSR count). The molecule has 1 aromatic carbocycles. The minimum absolute atomic E-state index is 0.271. The summed E-state index contributed by atoms with van der Waals surface area (Å²) in [5.74, 6) is -0.941. The molecule has 0 spiro atoms. The predicted octanol–water partition coefficient (Wildman–Crippen LogP) is 3.42. The molecule has 0 atom stereocenters. The van der Waals surface area contributed by atoms with Crippen LogP contribution in [-0.2, 0) is 7.05 Å². The fourth-order valence-electron chi connectivity index (χ4n) is 2.17. The molecular weight excluding hydrogens is 272 g/mol. The van der Waals surface area contributed by atoms with E-state index in [0.29, 0.717) is 4.90 Å². The molecule has 100 valence electrons. The van der Waals surface area contributed by atoms with Crippen molar-refractivity contribution in [1.82, 2.24) is 9.55 Å². The second kappa shape index (κ2) is 5.02. The van der Waals surface area contributed by atoms with Crippen molar-refractivity contribution in [3.8, 4) is 0 Å².